The Hall–Kier alpha value is -1.69. The van der Waals surface area contributed by atoms with E-state index < -0.39 is 11.8 Å². The first-order valence-corrected chi connectivity index (χ1v) is 4.07. The first kappa shape index (κ1) is 10.4. The molecule has 14 heavy (non-hydrogen) atoms. The fraction of sp³-hybridized carbons (Fsp3) is 0. The van der Waals surface area contributed by atoms with Gasteiger partial charge in [0.25, 0.3) is 0 Å². The Morgan fingerprint density at radius 1 is 1.43 bits per heavy atom. The smallest absolute Gasteiger partial charge is 0.316 e. The van der Waals surface area contributed by atoms with Gasteiger partial charge in [0.2, 0.25) is 0 Å². The number of halogens is 1. The number of anilines is 1. The SMILES string of the molecule is NC(=O)Nc1ccc(F)cc1C(N)=S. The number of carbonyl (C=O) groups excluding carboxylic acids is 1. The van der Waals surface area contributed by atoms with Gasteiger partial charge in [0.1, 0.15) is 10.8 Å². The lowest BCUT2D eigenvalue weighted by Gasteiger charge is -2.07. The maximum atomic E-state index is 12.8. The van der Waals surface area contributed by atoms with Crippen molar-refractivity contribution in [2.24, 2.45) is 11.5 Å². The van der Waals surface area contributed by atoms with E-state index in [1.165, 1.54) is 12.1 Å². The molecule has 6 heteroatoms. The molecule has 5 N–H and O–H groups in total. The van der Waals surface area contributed by atoms with Gasteiger partial charge in [0.15, 0.2) is 0 Å². The Labute approximate surface area is 85.1 Å². The average molecular weight is 213 g/mol. The van der Waals surface area contributed by atoms with Crippen molar-refractivity contribution in [1.29, 1.82) is 0 Å². The zero-order valence-electron chi connectivity index (χ0n) is 7.08. The number of amides is 2. The quantitative estimate of drug-likeness (QED) is 0.640. The summed E-state index contributed by atoms with van der Waals surface area (Å²) in [6.45, 7) is 0. The Balaban J connectivity index is 3.14. The summed E-state index contributed by atoms with van der Waals surface area (Å²) in [5, 5.41) is 2.29. The van der Waals surface area contributed by atoms with E-state index in [1.807, 2.05) is 0 Å². The second-order valence-corrected chi connectivity index (χ2v) is 2.98. The van der Waals surface area contributed by atoms with Gasteiger partial charge in [-0.05, 0) is 18.2 Å². The lowest BCUT2D eigenvalue weighted by atomic mass is 10.1. The summed E-state index contributed by atoms with van der Waals surface area (Å²) in [5.74, 6) is -0.483. The maximum Gasteiger partial charge on any atom is 0.316 e. The third-order valence-electron chi connectivity index (χ3n) is 1.50. The molecule has 0 spiro atoms. The Kier molecular flexibility index (Phi) is 2.98. The molecule has 0 bridgehead atoms. The molecular weight excluding hydrogens is 205 g/mol. The van der Waals surface area contributed by atoms with Gasteiger partial charge in [-0.1, -0.05) is 12.2 Å². The molecule has 74 valence electrons. The number of nitrogens with two attached hydrogens (primary N) is 2. The van der Waals surface area contributed by atoms with Crippen LogP contribution in [0.2, 0.25) is 0 Å². The minimum atomic E-state index is -0.755. The minimum absolute atomic E-state index is 0.00625. The molecule has 0 aliphatic heterocycles. The summed E-state index contributed by atoms with van der Waals surface area (Å²) in [4.78, 5) is 10.6. The number of nitrogens with one attached hydrogen (secondary N) is 1. The third-order valence-corrected chi connectivity index (χ3v) is 1.72. The van der Waals surface area contributed by atoms with Gasteiger partial charge >= 0.3 is 6.03 Å². The van der Waals surface area contributed by atoms with Crippen LogP contribution in [0, 0.1) is 5.82 Å². The number of rotatable bonds is 2. The van der Waals surface area contributed by atoms with Crippen molar-refractivity contribution in [1.82, 2.24) is 0 Å². The molecule has 2 amide bonds. The van der Waals surface area contributed by atoms with Crippen molar-refractivity contribution in [3.63, 3.8) is 0 Å². The number of thiocarbonyl (C=S) groups is 1. The van der Waals surface area contributed by atoms with Crippen molar-refractivity contribution in [2.75, 3.05) is 5.32 Å². The number of urea groups is 1. The van der Waals surface area contributed by atoms with E-state index in [4.69, 9.17) is 11.5 Å². The topological polar surface area (TPSA) is 81.1 Å². The van der Waals surface area contributed by atoms with E-state index in [-0.39, 0.29) is 10.6 Å². The second-order valence-electron chi connectivity index (χ2n) is 2.54. The van der Waals surface area contributed by atoms with E-state index in [0.717, 1.165) is 6.07 Å². The fourth-order valence-corrected chi connectivity index (χ4v) is 1.13. The summed E-state index contributed by atoms with van der Waals surface area (Å²) in [7, 11) is 0. The molecule has 0 unspecified atom stereocenters. The molecule has 4 nitrogen and oxygen atoms in total. The van der Waals surface area contributed by atoms with Gasteiger partial charge in [0.05, 0.1) is 5.69 Å². The molecular formula is C8H8FN3OS. The molecule has 0 aliphatic carbocycles. The highest BCUT2D eigenvalue weighted by Crippen LogP contribution is 2.16. The van der Waals surface area contributed by atoms with E-state index in [2.05, 4.69) is 17.5 Å². The number of primary amides is 1. The minimum Gasteiger partial charge on any atom is -0.389 e. The molecule has 0 aliphatic rings. The first-order valence-electron chi connectivity index (χ1n) is 3.66. The van der Waals surface area contributed by atoms with Crippen molar-refractivity contribution in [2.45, 2.75) is 0 Å². The van der Waals surface area contributed by atoms with Gasteiger partial charge in [0, 0.05) is 5.56 Å². The van der Waals surface area contributed by atoms with Crippen molar-refractivity contribution in [3.05, 3.63) is 29.6 Å². The van der Waals surface area contributed by atoms with Crippen LogP contribution < -0.4 is 16.8 Å². The molecule has 0 atom stereocenters. The van der Waals surface area contributed by atoms with Crippen molar-refractivity contribution >= 4 is 28.9 Å². The first-order chi connectivity index (χ1) is 6.50. The molecule has 1 aromatic rings. The standard InChI is InChI=1S/C8H8FN3OS/c9-4-1-2-6(12-8(11)13)5(3-4)7(10)14/h1-3H,(H2,10,14)(H3,11,12,13). The zero-order valence-corrected chi connectivity index (χ0v) is 7.90. The van der Waals surface area contributed by atoms with Gasteiger partial charge < -0.3 is 16.8 Å². The monoisotopic (exact) mass is 213 g/mol. The highest BCUT2D eigenvalue weighted by atomic mass is 32.1. The Morgan fingerprint density at radius 3 is 2.57 bits per heavy atom. The second kappa shape index (κ2) is 4.01. The van der Waals surface area contributed by atoms with Crippen LogP contribution in [-0.2, 0) is 0 Å². The van der Waals surface area contributed by atoms with E-state index >= 15 is 0 Å². The summed E-state index contributed by atoms with van der Waals surface area (Å²) in [6, 6.07) is 2.89. The number of hydrogen-bond donors (Lipinski definition) is 3. The highest BCUT2D eigenvalue weighted by molar-refractivity contribution is 7.80. The van der Waals surface area contributed by atoms with Crippen LogP contribution in [0.25, 0.3) is 0 Å². The van der Waals surface area contributed by atoms with Crippen LogP contribution >= 0.6 is 12.2 Å². The molecule has 0 fully saturated rings. The van der Waals surface area contributed by atoms with Crippen LogP contribution in [0.15, 0.2) is 18.2 Å². The van der Waals surface area contributed by atoms with Crippen LogP contribution in [-0.4, -0.2) is 11.0 Å². The third kappa shape index (κ3) is 2.40. The van der Waals surface area contributed by atoms with E-state index in [0.29, 0.717) is 5.69 Å². The van der Waals surface area contributed by atoms with E-state index in [9.17, 15) is 9.18 Å². The van der Waals surface area contributed by atoms with E-state index in [1.54, 1.807) is 0 Å². The Morgan fingerprint density at radius 2 is 2.07 bits per heavy atom. The lowest BCUT2D eigenvalue weighted by Crippen LogP contribution is -2.22. The number of hydrogen-bond acceptors (Lipinski definition) is 2. The predicted molar refractivity (Wildman–Crippen MR) is 55.5 cm³/mol. The lowest BCUT2D eigenvalue weighted by molar-refractivity contribution is 0.259. The largest absolute Gasteiger partial charge is 0.389 e. The molecule has 0 saturated carbocycles. The normalized spacial score (nSPS) is 9.50. The van der Waals surface area contributed by atoms with Crippen molar-refractivity contribution in [3.8, 4) is 0 Å². The highest BCUT2D eigenvalue weighted by Gasteiger charge is 2.07. The maximum absolute atomic E-state index is 12.8. The molecule has 1 rings (SSSR count). The summed E-state index contributed by atoms with van der Waals surface area (Å²) in [6.07, 6.45) is 0. The predicted octanol–water partition coefficient (Wildman–Crippen LogP) is 0.951. The van der Waals surface area contributed by atoms with Crippen LogP contribution in [0.4, 0.5) is 14.9 Å². The molecule has 0 aromatic heterocycles. The summed E-state index contributed by atoms with van der Waals surface area (Å²) in [5.41, 5.74) is 10.8. The van der Waals surface area contributed by atoms with Gasteiger partial charge in [-0.2, -0.15) is 0 Å². The fourth-order valence-electron chi connectivity index (χ4n) is 0.962. The van der Waals surface area contributed by atoms with Gasteiger partial charge in [-0.25, -0.2) is 9.18 Å². The Bertz CT molecular complexity index is 394. The average Bonchev–Trinajstić information content (AvgIpc) is 2.07. The number of carbonyl (C=O) groups is 1. The van der Waals surface area contributed by atoms with Crippen LogP contribution in [0.3, 0.4) is 0 Å². The summed E-state index contributed by atoms with van der Waals surface area (Å²) < 4.78 is 12.8. The molecule has 0 radical (unpaired) electrons. The molecule has 1 aromatic carbocycles. The molecule has 0 saturated heterocycles. The molecule has 0 heterocycles. The van der Waals surface area contributed by atoms with Crippen LogP contribution in [0.5, 0.6) is 0 Å². The van der Waals surface area contributed by atoms with Crippen molar-refractivity contribution < 1.29 is 9.18 Å². The van der Waals surface area contributed by atoms with Gasteiger partial charge in [-0.3, -0.25) is 0 Å². The number of benzene rings is 1. The van der Waals surface area contributed by atoms with Crippen LogP contribution in [0.1, 0.15) is 5.56 Å². The van der Waals surface area contributed by atoms with Gasteiger partial charge in [-0.15, -0.1) is 0 Å². The summed E-state index contributed by atoms with van der Waals surface area (Å²) >= 11 is 4.68. The zero-order chi connectivity index (χ0) is 10.7.